The van der Waals surface area contributed by atoms with Crippen LogP contribution in [0.15, 0.2) is 96.2 Å². The van der Waals surface area contributed by atoms with Crippen LogP contribution in [-0.2, 0) is 13.0 Å². The van der Waals surface area contributed by atoms with Gasteiger partial charge in [-0.1, -0.05) is 30.3 Å². The summed E-state index contributed by atoms with van der Waals surface area (Å²) in [5.41, 5.74) is 7.27. The molecule has 5 rings (SSSR count). The second-order valence-electron chi connectivity index (χ2n) is 6.93. The molecule has 0 atom stereocenters. The average Bonchev–Trinajstić information content (AvgIpc) is 3.23. The zero-order valence-corrected chi connectivity index (χ0v) is 15.8. The molecule has 4 nitrogen and oxygen atoms in total. The van der Waals surface area contributed by atoms with Gasteiger partial charge in [0.1, 0.15) is 12.4 Å². The number of aromatic nitrogens is 2. The molecule has 2 aromatic carbocycles. The van der Waals surface area contributed by atoms with Crippen LogP contribution in [0, 0.1) is 0 Å². The minimum atomic E-state index is 0.564. The fourth-order valence-electron chi connectivity index (χ4n) is 3.40. The number of fused-ring (bicyclic) bond motifs is 1. The molecule has 0 aliphatic carbocycles. The van der Waals surface area contributed by atoms with Gasteiger partial charge < -0.3 is 4.74 Å². The second kappa shape index (κ2) is 7.68. The van der Waals surface area contributed by atoms with Gasteiger partial charge in [-0.3, -0.25) is 15.0 Å². The van der Waals surface area contributed by atoms with E-state index < -0.39 is 0 Å². The summed E-state index contributed by atoms with van der Waals surface area (Å²) < 4.78 is 5.88. The van der Waals surface area contributed by atoms with Crippen molar-refractivity contribution in [3.63, 3.8) is 0 Å². The van der Waals surface area contributed by atoms with E-state index in [1.54, 1.807) is 12.4 Å². The smallest absolute Gasteiger partial charge is 0.119 e. The van der Waals surface area contributed by atoms with Crippen molar-refractivity contribution in [1.82, 2.24) is 9.97 Å². The SMILES string of the molecule is c1ccc(COc2ccc(C3=Nc4ccc(-c5ccncc5)nc4C3)cc2)cc1. The van der Waals surface area contributed by atoms with Gasteiger partial charge in [-0.25, -0.2) is 0 Å². The highest BCUT2D eigenvalue weighted by molar-refractivity contribution is 6.06. The van der Waals surface area contributed by atoms with Gasteiger partial charge in [0.15, 0.2) is 0 Å². The second-order valence-corrected chi connectivity index (χ2v) is 6.93. The van der Waals surface area contributed by atoms with Crippen molar-refractivity contribution < 1.29 is 4.74 Å². The van der Waals surface area contributed by atoms with E-state index in [4.69, 9.17) is 14.7 Å². The molecule has 0 bridgehead atoms. The lowest BCUT2D eigenvalue weighted by atomic mass is 10.1. The van der Waals surface area contributed by atoms with Gasteiger partial charge in [-0.05, 0) is 59.7 Å². The molecule has 0 amide bonds. The van der Waals surface area contributed by atoms with E-state index in [0.29, 0.717) is 6.61 Å². The summed E-state index contributed by atoms with van der Waals surface area (Å²) in [7, 11) is 0. The quantitative estimate of drug-likeness (QED) is 0.468. The Kier molecular flexibility index (Phi) is 4.59. The van der Waals surface area contributed by atoms with Crippen LogP contribution in [-0.4, -0.2) is 15.7 Å². The predicted octanol–water partition coefficient (Wildman–Crippen LogP) is 5.40. The van der Waals surface area contributed by atoms with E-state index in [1.807, 2.05) is 54.6 Å². The molecule has 140 valence electrons. The largest absolute Gasteiger partial charge is 0.489 e. The molecule has 0 N–H and O–H groups in total. The topological polar surface area (TPSA) is 47.4 Å². The Hall–Kier alpha value is -3.79. The minimum Gasteiger partial charge on any atom is -0.489 e. The first kappa shape index (κ1) is 17.3. The van der Waals surface area contributed by atoms with Crippen LogP contribution in [0.4, 0.5) is 5.69 Å². The third-order valence-corrected chi connectivity index (χ3v) is 4.95. The number of benzene rings is 2. The van der Waals surface area contributed by atoms with Crippen molar-refractivity contribution in [1.29, 1.82) is 0 Å². The maximum Gasteiger partial charge on any atom is 0.119 e. The summed E-state index contributed by atoms with van der Waals surface area (Å²) in [6.07, 6.45) is 4.31. The Balaban J connectivity index is 1.29. The molecule has 0 radical (unpaired) electrons. The summed E-state index contributed by atoms with van der Waals surface area (Å²) in [5.74, 6) is 0.854. The van der Waals surface area contributed by atoms with E-state index in [9.17, 15) is 0 Å². The number of aliphatic imine (C=N–C) groups is 1. The zero-order chi connectivity index (χ0) is 19.5. The maximum absolute atomic E-state index is 5.88. The van der Waals surface area contributed by atoms with Crippen molar-refractivity contribution in [2.75, 3.05) is 0 Å². The molecule has 1 aliphatic rings. The first-order chi connectivity index (χ1) is 14.3. The average molecular weight is 377 g/mol. The molecule has 1 aliphatic heterocycles. The lowest BCUT2D eigenvalue weighted by Gasteiger charge is -2.07. The van der Waals surface area contributed by atoms with Gasteiger partial charge >= 0.3 is 0 Å². The molecule has 0 fully saturated rings. The normalized spacial score (nSPS) is 12.3. The predicted molar refractivity (Wildman–Crippen MR) is 115 cm³/mol. The van der Waals surface area contributed by atoms with Gasteiger partial charge in [-0.2, -0.15) is 0 Å². The molecule has 29 heavy (non-hydrogen) atoms. The Morgan fingerprint density at radius 2 is 1.55 bits per heavy atom. The van der Waals surface area contributed by atoms with Gasteiger partial charge in [0, 0.05) is 24.4 Å². The molecule has 2 aromatic heterocycles. The maximum atomic E-state index is 5.88. The van der Waals surface area contributed by atoms with Gasteiger partial charge in [0.05, 0.1) is 22.8 Å². The van der Waals surface area contributed by atoms with Crippen LogP contribution in [0.1, 0.15) is 16.8 Å². The number of ether oxygens (including phenoxy) is 1. The van der Waals surface area contributed by atoms with Gasteiger partial charge in [-0.15, -0.1) is 0 Å². The number of hydrogen-bond donors (Lipinski definition) is 0. The standard InChI is InChI=1S/C25H19N3O/c1-2-4-18(5-3-1)17-29-21-8-6-19(7-9-21)24-16-25-23(28-24)11-10-22(27-25)20-12-14-26-15-13-20/h1-15H,16-17H2. The van der Waals surface area contributed by atoms with E-state index in [-0.39, 0.29) is 0 Å². The van der Waals surface area contributed by atoms with E-state index in [0.717, 1.165) is 51.6 Å². The van der Waals surface area contributed by atoms with Gasteiger partial charge in [0.2, 0.25) is 0 Å². The van der Waals surface area contributed by atoms with Crippen molar-refractivity contribution in [2.24, 2.45) is 4.99 Å². The molecule has 0 saturated carbocycles. The summed E-state index contributed by atoms with van der Waals surface area (Å²) in [6, 6.07) is 26.3. The van der Waals surface area contributed by atoms with E-state index in [1.165, 1.54) is 0 Å². The molecule has 0 unspecified atom stereocenters. The van der Waals surface area contributed by atoms with Crippen LogP contribution in [0.3, 0.4) is 0 Å². The summed E-state index contributed by atoms with van der Waals surface area (Å²) in [6.45, 7) is 0.564. The fourth-order valence-corrected chi connectivity index (χ4v) is 3.40. The highest BCUT2D eigenvalue weighted by atomic mass is 16.5. The van der Waals surface area contributed by atoms with Crippen LogP contribution in [0.2, 0.25) is 0 Å². The summed E-state index contributed by atoms with van der Waals surface area (Å²) in [5, 5.41) is 0. The van der Waals surface area contributed by atoms with Crippen molar-refractivity contribution in [3.05, 3.63) is 108 Å². The van der Waals surface area contributed by atoms with Crippen LogP contribution >= 0.6 is 0 Å². The molecule has 0 spiro atoms. The van der Waals surface area contributed by atoms with Crippen molar-refractivity contribution in [2.45, 2.75) is 13.0 Å². The lowest BCUT2D eigenvalue weighted by Crippen LogP contribution is -2.02. The molecule has 4 heteroatoms. The molecule has 4 aromatic rings. The van der Waals surface area contributed by atoms with Crippen molar-refractivity contribution >= 4 is 11.4 Å². The van der Waals surface area contributed by atoms with Gasteiger partial charge in [0.25, 0.3) is 0 Å². The van der Waals surface area contributed by atoms with Crippen LogP contribution < -0.4 is 4.74 Å². The summed E-state index contributed by atoms with van der Waals surface area (Å²) >= 11 is 0. The summed E-state index contributed by atoms with van der Waals surface area (Å²) in [4.78, 5) is 13.7. The first-order valence-corrected chi connectivity index (χ1v) is 9.60. The Labute approximate surface area is 169 Å². The number of pyridine rings is 2. The monoisotopic (exact) mass is 377 g/mol. The number of nitrogens with zero attached hydrogens (tertiary/aromatic N) is 3. The zero-order valence-electron chi connectivity index (χ0n) is 15.8. The first-order valence-electron chi connectivity index (χ1n) is 9.60. The highest BCUT2D eigenvalue weighted by Crippen LogP contribution is 2.30. The molecular weight excluding hydrogens is 358 g/mol. The number of rotatable bonds is 5. The number of hydrogen-bond acceptors (Lipinski definition) is 4. The molecule has 0 saturated heterocycles. The minimum absolute atomic E-state index is 0.564. The third-order valence-electron chi connectivity index (χ3n) is 4.95. The third kappa shape index (κ3) is 3.78. The Morgan fingerprint density at radius 1 is 0.759 bits per heavy atom. The molecular formula is C25H19N3O. The van der Waals surface area contributed by atoms with E-state index >= 15 is 0 Å². The van der Waals surface area contributed by atoms with Crippen LogP contribution in [0.5, 0.6) is 5.75 Å². The Bertz CT molecular complexity index is 1150. The van der Waals surface area contributed by atoms with Crippen molar-refractivity contribution in [3.8, 4) is 17.0 Å². The van der Waals surface area contributed by atoms with E-state index in [2.05, 4.69) is 29.2 Å². The highest BCUT2D eigenvalue weighted by Gasteiger charge is 2.18. The lowest BCUT2D eigenvalue weighted by molar-refractivity contribution is 0.306. The van der Waals surface area contributed by atoms with Crippen LogP contribution in [0.25, 0.3) is 11.3 Å². The fraction of sp³-hybridized carbons (Fsp3) is 0.0800. The molecule has 3 heterocycles. The Morgan fingerprint density at radius 3 is 2.34 bits per heavy atom.